The Morgan fingerprint density at radius 2 is 2.16 bits per heavy atom. The summed E-state index contributed by atoms with van der Waals surface area (Å²) >= 11 is 1.32. The first kappa shape index (κ1) is 15.8. The molecule has 1 unspecified atom stereocenters. The zero-order valence-electron chi connectivity index (χ0n) is 12.2. The smallest absolute Gasteiger partial charge is 0.233 e. The maximum atomic E-state index is 12.1. The fourth-order valence-corrected chi connectivity index (χ4v) is 2.19. The van der Waals surface area contributed by atoms with E-state index in [2.05, 4.69) is 15.3 Å². The molecule has 1 atom stereocenters. The van der Waals surface area contributed by atoms with Crippen LogP contribution in [0.2, 0.25) is 0 Å². The third-order valence-electron chi connectivity index (χ3n) is 2.85. The van der Waals surface area contributed by atoms with Crippen molar-refractivity contribution in [1.29, 1.82) is 0 Å². The van der Waals surface area contributed by atoms with Crippen LogP contribution in [-0.2, 0) is 4.79 Å². The van der Waals surface area contributed by atoms with E-state index >= 15 is 0 Å². The Morgan fingerprint density at radius 1 is 1.53 bits per heavy atom. The first-order chi connectivity index (χ1) is 8.73. The fourth-order valence-electron chi connectivity index (χ4n) is 1.35. The van der Waals surface area contributed by atoms with E-state index in [1.54, 1.807) is 6.07 Å². The van der Waals surface area contributed by atoms with Gasteiger partial charge in [-0.2, -0.15) is 0 Å². The number of rotatable bonds is 5. The van der Waals surface area contributed by atoms with Crippen LogP contribution in [0.25, 0.3) is 0 Å². The second-order valence-electron chi connectivity index (χ2n) is 5.20. The molecule has 0 radical (unpaired) electrons. The molecule has 0 bridgehead atoms. The summed E-state index contributed by atoms with van der Waals surface area (Å²) < 4.78 is 0. The fraction of sp³-hybridized carbons (Fsp3) is 0.615. The minimum atomic E-state index is -0.257. The second kappa shape index (κ2) is 6.23. The van der Waals surface area contributed by atoms with Gasteiger partial charge in [0.2, 0.25) is 5.91 Å². The number of aryl methyl sites for hydroxylation is 1. The summed E-state index contributed by atoms with van der Waals surface area (Å²) in [5.74, 6) is 0.414. The molecule has 0 saturated heterocycles. The standard InChI is InChI=1S/C13H22N4OS/c1-6-13(4,5)17-11(18)9(3)19-12-15-8(2)7-10(14)16-12/h7,9H,6H2,1-5H3,(H,17,18)(H2,14,15,16). The number of hydrogen-bond donors (Lipinski definition) is 2. The first-order valence-corrected chi connectivity index (χ1v) is 7.21. The lowest BCUT2D eigenvalue weighted by molar-refractivity contribution is -0.121. The number of amides is 1. The van der Waals surface area contributed by atoms with Crippen molar-refractivity contribution in [3.8, 4) is 0 Å². The van der Waals surface area contributed by atoms with Crippen molar-refractivity contribution in [2.24, 2.45) is 0 Å². The van der Waals surface area contributed by atoms with Gasteiger partial charge in [-0.1, -0.05) is 18.7 Å². The summed E-state index contributed by atoms with van der Waals surface area (Å²) in [5, 5.41) is 3.29. The first-order valence-electron chi connectivity index (χ1n) is 6.33. The molecule has 19 heavy (non-hydrogen) atoms. The predicted molar refractivity (Wildman–Crippen MR) is 79.0 cm³/mol. The highest BCUT2D eigenvalue weighted by Gasteiger charge is 2.23. The molecule has 1 aromatic heterocycles. The highest BCUT2D eigenvalue weighted by atomic mass is 32.2. The Kier molecular flexibility index (Phi) is 5.17. The molecule has 0 aromatic carbocycles. The summed E-state index contributed by atoms with van der Waals surface area (Å²) in [6.45, 7) is 9.75. The third kappa shape index (κ3) is 5.06. The molecular weight excluding hydrogens is 260 g/mol. The van der Waals surface area contributed by atoms with Crippen molar-refractivity contribution in [3.05, 3.63) is 11.8 Å². The van der Waals surface area contributed by atoms with Crippen molar-refractivity contribution in [2.75, 3.05) is 5.73 Å². The lowest BCUT2D eigenvalue weighted by Crippen LogP contribution is -2.46. The van der Waals surface area contributed by atoms with E-state index in [1.807, 2.05) is 34.6 Å². The second-order valence-corrected chi connectivity index (χ2v) is 6.51. The molecule has 1 rings (SSSR count). The van der Waals surface area contributed by atoms with Crippen LogP contribution in [0.1, 0.15) is 39.8 Å². The Hall–Kier alpha value is -1.30. The summed E-state index contributed by atoms with van der Waals surface area (Å²) in [7, 11) is 0. The number of hydrogen-bond acceptors (Lipinski definition) is 5. The summed E-state index contributed by atoms with van der Waals surface area (Å²) in [5.41, 5.74) is 6.28. The molecule has 0 aliphatic rings. The Bertz CT molecular complexity index is 442. The molecule has 5 nitrogen and oxygen atoms in total. The Balaban J connectivity index is 2.68. The number of anilines is 1. The number of nitrogens with zero attached hydrogens (tertiary/aromatic N) is 2. The molecule has 3 N–H and O–H groups in total. The molecule has 1 amide bonds. The van der Waals surface area contributed by atoms with Crippen molar-refractivity contribution in [3.63, 3.8) is 0 Å². The zero-order chi connectivity index (χ0) is 14.6. The molecule has 0 fully saturated rings. The number of nitrogens with two attached hydrogens (primary N) is 1. The van der Waals surface area contributed by atoms with E-state index in [0.717, 1.165) is 12.1 Å². The molecule has 0 aliphatic carbocycles. The zero-order valence-corrected chi connectivity index (χ0v) is 13.0. The van der Waals surface area contributed by atoms with E-state index in [-0.39, 0.29) is 16.7 Å². The van der Waals surface area contributed by atoms with E-state index in [1.165, 1.54) is 11.8 Å². The number of thioether (sulfide) groups is 1. The van der Waals surface area contributed by atoms with Gasteiger partial charge in [0.05, 0.1) is 5.25 Å². The number of carbonyl (C=O) groups is 1. The van der Waals surface area contributed by atoms with Crippen LogP contribution in [0.3, 0.4) is 0 Å². The lowest BCUT2D eigenvalue weighted by atomic mass is 10.0. The largest absolute Gasteiger partial charge is 0.384 e. The average Bonchev–Trinajstić information content (AvgIpc) is 2.26. The minimum Gasteiger partial charge on any atom is -0.384 e. The monoisotopic (exact) mass is 282 g/mol. The van der Waals surface area contributed by atoms with Gasteiger partial charge in [0.15, 0.2) is 5.16 Å². The number of aromatic nitrogens is 2. The predicted octanol–water partition coefficient (Wildman–Crippen LogP) is 2.15. The van der Waals surface area contributed by atoms with Crippen molar-refractivity contribution < 1.29 is 4.79 Å². The van der Waals surface area contributed by atoms with Crippen LogP contribution in [-0.4, -0.2) is 26.7 Å². The van der Waals surface area contributed by atoms with Crippen molar-refractivity contribution in [2.45, 2.75) is 57.0 Å². The van der Waals surface area contributed by atoms with Gasteiger partial charge in [0.25, 0.3) is 0 Å². The Labute approximate surface area is 118 Å². The maximum Gasteiger partial charge on any atom is 0.233 e. The van der Waals surface area contributed by atoms with E-state index in [4.69, 9.17) is 5.73 Å². The number of nitrogen functional groups attached to an aromatic ring is 1. The summed E-state index contributed by atoms with van der Waals surface area (Å²) in [6.07, 6.45) is 0.879. The minimum absolute atomic E-state index is 0.0134. The summed E-state index contributed by atoms with van der Waals surface area (Å²) in [6, 6.07) is 1.70. The topological polar surface area (TPSA) is 80.9 Å². The SMILES string of the molecule is CCC(C)(C)NC(=O)C(C)Sc1nc(C)cc(N)n1. The van der Waals surface area contributed by atoms with Crippen LogP contribution in [0.4, 0.5) is 5.82 Å². The normalized spacial score (nSPS) is 13.1. The van der Waals surface area contributed by atoms with Gasteiger partial charge >= 0.3 is 0 Å². The van der Waals surface area contributed by atoms with Gasteiger partial charge < -0.3 is 11.1 Å². The van der Waals surface area contributed by atoms with E-state index in [0.29, 0.717) is 11.0 Å². The summed E-state index contributed by atoms with van der Waals surface area (Å²) in [4.78, 5) is 20.5. The van der Waals surface area contributed by atoms with Crippen molar-refractivity contribution in [1.82, 2.24) is 15.3 Å². The quantitative estimate of drug-likeness (QED) is 0.639. The van der Waals surface area contributed by atoms with Crippen LogP contribution < -0.4 is 11.1 Å². The molecule has 1 heterocycles. The Morgan fingerprint density at radius 3 is 2.68 bits per heavy atom. The molecule has 0 spiro atoms. The van der Waals surface area contributed by atoms with Crippen LogP contribution in [0.5, 0.6) is 0 Å². The van der Waals surface area contributed by atoms with Gasteiger partial charge in [-0.15, -0.1) is 0 Å². The molecule has 1 aromatic rings. The van der Waals surface area contributed by atoms with Crippen molar-refractivity contribution >= 4 is 23.5 Å². The maximum absolute atomic E-state index is 12.1. The average molecular weight is 282 g/mol. The molecule has 106 valence electrons. The highest BCUT2D eigenvalue weighted by molar-refractivity contribution is 8.00. The molecule has 6 heteroatoms. The van der Waals surface area contributed by atoms with Gasteiger partial charge in [-0.3, -0.25) is 4.79 Å². The van der Waals surface area contributed by atoms with Crippen LogP contribution in [0, 0.1) is 6.92 Å². The molecule has 0 aliphatic heterocycles. The van der Waals surface area contributed by atoms with Gasteiger partial charge in [-0.25, -0.2) is 9.97 Å². The van der Waals surface area contributed by atoms with Crippen LogP contribution >= 0.6 is 11.8 Å². The molecule has 0 saturated carbocycles. The van der Waals surface area contributed by atoms with Crippen LogP contribution in [0.15, 0.2) is 11.2 Å². The lowest BCUT2D eigenvalue weighted by Gasteiger charge is -2.26. The molecular formula is C13H22N4OS. The number of nitrogens with one attached hydrogen (secondary N) is 1. The van der Waals surface area contributed by atoms with E-state index < -0.39 is 0 Å². The highest BCUT2D eigenvalue weighted by Crippen LogP contribution is 2.21. The van der Waals surface area contributed by atoms with E-state index in [9.17, 15) is 4.79 Å². The van der Waals surface area contributed by atoms with Gasteiger partial charge in [0, 0.05) is 17.3 Å². The van der Waals surface area contributed by atoms with Gasteiger partial charge in [-0.05, 0) is 34.1 Å². The number of carbonyl (C=O) groups excluding carboxylic acids is 1. The van der Waals surface area contributed by atoms with Gasteiger partial charge in [0.1, 0.15) is 5.82 Å². The third-order valence-corrected chi connectivity index (χ3v) is 3.81.